The van der Waals surface area contributed by atoms with E-state index < -0.39 is 0 Å². The fraction of sp³-hybridized carbons (Fsp3) is 0. The topological polar surface area (TPSA) is 94.5 Å². The Kier molecular flexibility index (Phi) is 5.03. The molecule has 3 N–H and O–H groups in total. The number of nitrogens with zero attached hydrogens (tertiary/aromatic N) is 5. The molecule has 0 aliphatic carbocycles. The average molecular weight is 387 g/mol. The molecule has 0 spiro atoms. The Bertz CT molecular complexity index is 1110. The van der Waals surface area contributed by atoms with Gasteiger partial charge in [0.05, 0.1) is 5.69 Å². The highest BCUT2D eigenvalue weighted by Crippen LogP contribution is 2.22. The molecule has 8 heteroatoms. The predicted molar refractivity (Wildman–Crippen MR) is 114 cm³/mol. The van der Waals surface area contributed by atoms with Gasteiger partial charge in [-0.2, -0.15) is 9.67 Å². The minimum absolute atomic E-state index is 0.147. The van der Waals surface area contributed by atoms with E-state index in [0.717, 1.165) is 16.2 Å². The van der Waals surface area contributed by atoms with Crippen molar-refractivity contribution >= 4 is 41.2 Å². The van der Waals surface area contributed by atoms with Crippen LogP contribution < -0.4 is 11.1 Å². The normalized spacial score (nSPS) is 11.4. The van der Waals surface area contributed by atoms with Crippen molar-refractivity contribution in [1.82, 2.24) is 24.7 Å². The second-order valence-electron chi connectivity index (χ2n) is 5.89. The summed E-state index contributed by atoms with van der Waals surface area (Å²) in [5, 5.41) is 7.44. The van der Waals surface area contributed by atoms with Gasteiger partial charge >= 0.3 is 0 Å². The number of nitrogen functional groups attached to an aromatic ring is 1. The zero-order chi connectivity index (χ0) is 19.3. The lowest BCUT2D eigenvalue weighted by molar-refractivity contribution is 0.848. The minimum atomic E-state index is 0.147. The molecular weight excluding hydrogens is 370 g/mol. The maximum Gasteiger partial charge on any atom is 0.241 e. The van der Waals surface area contributed by atoms with Gasteiger partial charge in [0.1, 0.15) is 6.33 Å². The van der Waals surface area contributed by atoms with Crippen LogP contribution in [0.2, 0.25) is 0 Å². The van der Waals surface area contributed by atoms with E-state index in [-0.39, 0.29) is 5.95 Å². The van der Waals surface area contributed by atoms with Crippen molar-refractivity contribution in [2.75, 3.05) is 11.1 Å². The molecular formula is C20H17N7S. The summed E-state index contributed by atoms with van der Waals surface area (Å²) in [6.45, 7) is 0. The Morgan fingerprint density at radius 3 is 2.46 bits per heavy atom. The summed E-state index contributed by atoms with van der Waals surface area (Å²) < 4.78 is 1.54. The molecule has 7 nitrogen and oxygen atoms in total. The molecule has 0 fully saturated rings. The zero-order valence-electron chi connectivity index (χ0n) is 14.8. The number of anilines is 3. The minimum Gasteiger partial charge on any atom is -0.366 e. The Labute approximate surface area is 167 Å². The van der Waals surface area contributed by atoms with Crippen molar-refractivity contribution in [1.29, 1.82) is 0 Å². The Hall–Kier alpha value is -3.65. The summed E-state index contributed by atoms with van der Waals surface area (Å²) in [7, 11) is 0. The van der Waals surface area contributed by atoms with Gasteiger partial charge in [-0.25, -0.2) is 9.97 Å². The fourth-order valence-corrected chi connectivity index (χ4v) is 2.89. The van der Waals surface area contributed by atoms with Crippen LogP contribution in [-0.2, 0) is 0 Å². The average Bonchev–Trinajstić information content (AvgIpc) is 3.09. The van der Waals surface area contributed by atoms with Crippen molar-refractivity contribution in [3.63, 3.8) is 0 Å². The van der Waals surface area contributed by atoms with Gasteiger partial charge in [-0.1, -0.05) is 48.5 Å². The molecule has 2 heterocycles. The lowest BCUT2D eigenvalue weighted by Crippen LogP contribution is -2.06. The van der Waals surface area contributed by atoms with Crippen LogP contribution >= 0.6 is 12.6 Å². The van der Waals surface area contributed by atoms with Crippen LogP contribution in [0.4, 0.5) is 17.6 Å². The first kappa shape index (κ1) is 17.7. The molecule has 0 amide bonds. The van der Waals surface area contributed by atoms with Gasteiger partial charge in [0.15, 0.2) is 5.82 Å². The van der Waals surface area contributed by atoms with Gasteiger partial charge in [0.2, 0.25) is 11.9 Å². The van der Waals surface area contributed by atoms with Crippen molar-refractivity contribution in [3.05, 3.63) is 84.3 Å². The summed E-state index contributed by atoms with van der Waals surface area (Å²) in [5.74, 6) is 1.15. The second-order valence-corrected chi connectivity index (χ2v) is 6.37. The number of nitrogens with two attached hydrogens (primary N) is 1. The smallest absolute Gasteiger partial charge is 0.241 e. The van der Waals surface area contributed by atoms with Gasteiger partial charge in [0, 0.05) is 16.7 Å². The highest BCUT2D eigenvalue weighted by atomic mass is 32.1. The monoisotopic (exact) mass is 387 g/mol. The molecule has 0 unspecified atom stereocenters. The quantitative estimate of drug-likeness (QED) is 0.451. The SMILES string of the molecule is Nc1nc(Nc2ccccc2)n(-c2cc(/C=C(\S)c3ccccc3)ncn2)n1. The number of thiol groups is 1. The summed E-state index contributed by atoms with van der Waals surface area (Å²) in [5.41, 5.74) is 8.38. The van der Waals surface area contributed by atoms with Gasteiger partial charge in [-0.3, -0.25) is 0 Å². The van der Waals surface area contributed by atoms with Crippen LogP contribution in [0.15, 0.2) is 73.1 Å². The molecule has 2 aromatic heterocycles. The third-order valence-electron chi connectivity index (χ3n) is 3.90. The highest BCUT2D eigenvalue weighted by Gasteiger charge is 2.12. The van der Waals surface area contributed by atoms with E-state index in [1.165, 1.54) is 6.33 Å². The zero-order valence-corrected chi connectivity index (χ0v) is 15.7. The standard InChI is InChI=1S/C20H17N7S/c21-19-25-20(24-15-9-5-2-6-10-15)27(26-19)18-12-16(22-13-23-18)11-17(28)14-7-3-1-4-8-14/h1-13,28H,(H3,21,24,25,26)/b17-11-. The van der Waals surface area contributed by atoms with Crippen molar-refractivity contribution in [2.45, 2.75) is 0 Å². The number of hydrogen-bond donors (Lipinski definition) is 3. The summed E-state index contributed by atoms with van der Waals surface area (Å²) >= 11 is 4.58. The number of aromatic nitrogens is 5. The van der Waals surface area contributed by atoms with Crippen LogP contribution in [0.3, 0.4) is 0 Å². The summed E-state index contributed by atoms with van der Waals surface area (Å²) in [6.07, 6.45) is 3.34. The van der Waals surface area contributed by atoms with E-state index in [4.69, 9.17) is 5.73 Å². The lowest BCUT2D eigenvalue weighted by Gasteiger charge is -2.07. The van der Waals surface area contributed by atoms with E-state index >= 15 is 0 Å². The Morgan fingerprint density at radius 1 is 1.00 bits per heavy atom. The van der Waals surface area contributed by atoms with Crippen molar-refractivity contribution in [3.8, 4) is 5.82 Å². The fourth-order valence-electron chi connectivity index (χ4n) is 2.61. The van der Waals surface area contributed by atoms with E-state index in [0.29, 0.717) is 17.5 Å². The molecule has 2 aromatic carbocycles. The molecule has 0 aliphatic rings. The number of para-hydroxylation sites is 1. The Balaban J connectivity index is 1.67. The summed E-state index contributed by atoms with van der Waals surface area (Å²) in [6, 6.07) is 21.3. The number of rotatable bonds is 5. The maximum absolute atomic E-state index is 5.81. The molecule has 0 atom stereocenters. The second kappa shape index (κ2) is 7.93. The van der Waals surface area contributed by atoms with E-state index in [9.17, 15) is 0 Å². The molecule has 0 aliphatic heterocycles. The first-order valence-corrected chi connectivity index (χ1v) is 8.97. The van der Waals surface area contributed by atoms with Crippen molar-refractivity contribution in [2.24, 2.45) is 0 Å². The van der Waals surface area contributed by atoms with Crippen LogP contribution in [0.5, 0.6) is 0 Å². The molecule has 4 rings (SSSR count). The largest absolute Gasteiger partial charge is 0.366 e. The predicted octanol–water partition coefficient (Wildman–Crippen LogP) is 3.81. The van der Waals surface area contributed by atoms with Gasteiger partial charge in [-0.15, -0.1) is 17.7 Å². The highest BCUT2D eigenvalue weighted by molar-refractivity contribution is 7.90. The molecule has 0 radical (unpaired) electrons. The number of nitrogens with one attached hydrogen (secondary N) is 1. The molecule has 4 aromatic rings. The van der Waals surface area contributed by atoms with Crippen LogP contribution in [0.25, 0.3) is 16.8 Å². The maximum atomic E-state index is 5.81. The summed E-state index contributed by atoms with van der Waals surface area (Å²) in [4.78, 5) is 13.7. The van der Waals surface area contributed by atoms with Crippen LogP contribution in [0, 0.1) is 0 Å². The van der Waals surface area contributed by atoms with Gasteiger partial charge < -0.3 is 11.1 Å². The van der Waals surface area contributed by atoms with Crippen molar-refractivity contribution < 1.29 is 0 Å². The first-order valence-electron chi connectivity index (χ1n) is 8.52. The number of benzene rings is 2. The van der Waals surface area contributed by atoms with E-state index in [2.05, 4.69) is 38.0 Å². The van der Waals surface area contributed by atoms with E-state index in [1.807, 2.05) is 66.7 Å². The molecule has 0 saturated heterocycles. The first-order chi connectivity index (χ1) is 13.7. The van der Waals surface area contributed by atoms with E-state index in [1.54, 1.807) is 10.7 Å². The van der Waals surface area contributed by atoms with Crippen LogP contribution in [-0.4, -0.2) is 24.7 Å². The Morgan fingerprint density at radius 2 is 1.71 bits per heavy atom. The van der Waals surface area contributed by atoms with Gasteiger partial charge in [-0.05, 0) is 23.8 Å². The molecule has 0 bridgehead atoms. The lowest BCUT2D eigenvalue weighted by atomic mass is 10.2. The number of hydrogen-bond acceptors (Lipinski definition) is 7. The molecule has 138 valence electrons. The molecule has 28 heavy (non-hydrogen) atoms. The van der Waals surface area contributed by atoms with Gasteiger partial charge in [0.25, 0.3) is 0 Å². The molecule has 0 saturated carbocycles. The third-order valence-corrected chi connectivity index (χ3v) is 4.29. The van der Waals surface area contributed by atoms with Crippen LogP contribution in [0.1, 0.15) is 11.3 Å². The third kappa shape index (κ3) is 4.02.